The first-order chi connectivity index (χ1) is 15.8. The first-order valence-electron chi connectivity index (χ1n) is 10.6. The smallest absolute Gasteiger partial charge is 0.325 e. The van der Waals surface area contributed by atoms with Crippen molar-refractivity contribution in [3.63, 3.8) is 0 Å². The number of amides is 4. The van der Waals surface area contributed by atoms with Crippen molar-refractivity contribution >= 4 is 35.3 Å². The van der Waals surface area contributed by atoms with Crippen LogP contribution >= 0.6 is 11.8 Å². The first-order valence-corrected chi connectivity index (χ1v) is 11.4. The maximum atomic E-state index is 13.0. The molecule has 0 bridgehead atoms. The van der Waals surface area contributed by atoms with E-state index >= 15 is 0 Å². The molecule has 1 aliphatic rings. The molecule has 3 aromatic rings. The molecule has 0 radical (unpaired) electrons. The minimum absolute atomic E-state index is 0.355. The molecule has 0 spiro atoms. The van der Waals surface area contributed by atoms with E-state index in [4.69, 9.17) is 0 Å². The SMILES string of the molecule is Cc1ccc(Sc2ccc(NC(=O)CN3C(=O)NC(C)(c4ccccc4)C3=O)cc2)c(C)c1. The van der Waals surface area contributed by atoms with E-state index in [1.807, 2.05) is 30.3 Å². The van der Waals surface area contributed by atoms with Crippen LogP contribution in [0.3, 0.4) is 0 Å². The molecule has 33 heavy (non-hydrogen) atoms. The third-order valence-electron chi connectivity index (χ3n) is 5.62. The van der Waals surface area contributed by atoms with Crippen LogP contribution in [0.2, 0.25) is 0 Å². The van der Waals surface area contributed by atoms with Gasteiger partial charge in [0.25, 0.3) is 5.91 Å². The molecule has 7 heteroatoms. The lowest BCUT2D eigenvalue weighted by molar-refractivity contribution is -0.133. The van der Waals surface area contributed by atoms with Gasteiger partial charge in [0.1, 0.15) is 12.1 Å². The van der Waals surface area contributed by atoms with Gasteiger partial charge < -0.3 is 10.6 Å². The summed E-state index contributed by atoms with van der Waals surface area (Å²) in [5, 5.41) is 5.47. The highest BCUT2D eigenvalue weighted by atomic mass is 32.2. The molecule has 1 heterocycles. The molecule has 3 aromatic carbocycles. The number of benzene rings is 3. The van der Waals surface area contributed by atoms with Gasteiger partial charge >= 0.3 is 6.03 Å². The van der Waals surface area contributed by atoms with E-state index in [1.54, 1.807) is 43.0 Å². The number of nitrogens with one attached hydrogen (secondary N) is 2. The fourth-order valence-electron chi connectivity index (χ4n) is 3.80. The minimum Gasteiger partial charge on any atom is -0.325 e. The van der Waals surface area contributed by atoms with E-state index < -0.39 is 23.4 Å². The van der Waals surface area contributed by atoms with E-state index in [9.17, 15) is 14.4 Å². The summed E-state index contributed by atoms with van der Waals surface area (Å²) >= 11 is 1.66. The second-order valence-electron chi connectivity index (χ2n) is 8.26. The number of hydrogen-bond acceptors (Lipinski definition) is 4. The van der Waals surface area contributed by atoms with Crippen molar-refractivity contribution in [3.05, 3.63) is 89.5 Å². The zero-order chi connectivity index (χ0) is 23.6. The molecule has 6 nitrogen and oxygen atoms in total. The molecule has 1 aliphatic heterocycles. The van der Waals surface area contributed by atoms with Gasteiger partial charge in [-0.2, -0.15) is 0 Å². The van der Waals surface area contributed by atoms with Crippen LogP contribution in [0.4, 0.5) is 10.5 Å². The van der Waals surface area contributed by atoms with E-state index in [2.05, 4.69) is 42.7 Å². The predicted octanol–water partition coefficient (Wildman–Crippen LogP) is 4.86. The quantitative estimate of drug-likeness (QED) is 0.516. The third-order valence-corrected chi connectivity index (χ3v) is 6.81. The van der Waals surface area contributed by atoms with Gasteiger partial charge in [-0.05, 0) is 62.2 Å². The van der Waals surface area contributed by atoms with Crippen molar-refractivity contribution in [3.8, 4) is 0 Å². The van der Waals surface area contributed by atoms with E-state index in [-0.39, 0.29) is 6.54 Å². The van der Waals surface area contributed by atoms with Gasteiger partial charge in [0.15, 0.2) is 0 Å². The second-order valence-corrected chi connectivity index (χ2v) is 9.37. The highest BCUT2D eigenvalue weighted by molar-refractivity contribution is 7.99. The topological polar surface area (TPSA) is 78.5 Å². The molecule has 1 atom stereocenters. The number of nitrogens with zero attached hydrogens (tertiary/aromatic N) is 1. The maximum Gasteiger partial charge on any atom is 0.325 e. The number of carbonyl (C=O) groups excluding carboxylic acids is 3. The molecule has 1 unspecified atom stereocenters. The van der Waals surface area contributed by atoms with Crippen LogP contribution in [0.1, 0.15) is 23.6 Å². The summed E-state index contributed by atoms with van der Waals surface area (Å²) < 4.78 is 0. The van der Waals surface area contributed by atoms with Gasteiger partial charge in [-0.15, -0.1) is 0 Å². The zero-order valence-electron chi connectivity index (χ0n) is 18.7. The number of hydrogen-bond donors (Lipinski definition) is 2. The molecule has 168 valence electrons. The Bertz CT molecular complexity index is 1210. The van der Waals surface area contributed by atoms with Crippen LogP contribution in [0.25, 0.3) is 0 Å². The van der Waals surface area contributed by atoms with Crippen molar-refractivity contribution in [2.75, 3.05) is 11.9 Å². The normalized spacial score (nSPS) is 17.7. The number of imide groups is 1. The summed E-state index contributed by atoms with van der Waals surface area (Å²) in [5.41, 5.74) is 2.52. The van der Waals surface area contributed by atoms with Crippen molar-refractivity contribution in [1.82, 2.24) is 10.2 Å². The van der Waals surface area contributed by atoms with Crippen LogP contribution in [0, 0.1) is 13.8 Å². The maximum absolute atomic E-state index is 13.0. The fraction of sp³-hybridized carbons (Fsp3) is 0.192. The number of anilines is 1. The van der Waals surface area contributed by atoms with Gasteiger partial charge in [0, 0.05) is 15.5 Å². The van der Waals surface area contributed by atoms with E-state index in [1.165, 1.54) is 16.0 Å². The largest absolute Gasteiger partial charge is 0.325 e. The Labute approximate surface area is 197 Å². The van der Waals surface area contributed by atoms with Crippen LogP contribution in [-0.4, -0.2) is 29.3 Å². The molecule has 1 fully saturated rings. The van der Waals surface area contributed by atoms with Crippen LogP contribution in [0.15, 0.2) is 82.6 Å². The van der Waals surface area contributed by atoms with Crippen molar-refractivity contribution in [2.24, 2.45) is 0 Å². The first kappa shape index (κ1) is 22.6. The Morgan fingerprint density at radius 3 is 2.36 bits per heavy atom. The van der Waals surface area contributed by atoms with Gasteiger partial charge in [-0.25, -0.2) is 4.79 Å². The number of aryl methyl sites for hydroxylation is 2. The zero-order valence-corrected chi connectivity index (χ0v) is 19.5. The molecule has 4 amide bonds. The number of urea groups is 1. The lowest BCUT2D eigenvalue weighted by Crippen LogP contribution is -2.42. The highest BCUT2D eigenvalue weighted by Gasteiger charge is 2.49. The molecule has 0 saturated carbocycles. The van der Waals surface area contributed by atoms with Gasteiger partial charge in [0.2, 0.25) is 5.91 Å². The average molecular weight is 460 g/mol. The Kier molecular flexibility index (Phi) is 6.24. The summed E-state index contributed by atoms with van der Waals surface area (Å²) in [6.07, 6.45) is 0. The minimum atomic E-state index is -1.19. The number of rotatable bonds is 6. The van der Waals surface area contributed by atoms with E-state index in [0.29, 0.717) is 11.3 Å². The molecule has 0 aliphatic carbocycles. The van der Waals surface area contributed by atoms with Gasteiger partial charge in [0.05, 0.1) is 0 Å². The molecule has 4 rings (SSSR count). The van der Waals surface area contributed by atoms with Crippen molar-refractivity contribution in [1.29, 1.82) is 0 Å². The summed E-state index contributed by atoms with van der Waals surface area (Å²) in [6.45, 7) is 5.45. The summed E-state index contributed by atoms with van der Waals surface area (Å²) in [6, 6.07) is 22.2. The highest BCUT2D eigenvalue weighted by Crippen LogP contribution is 2.32. The molecule has 1 saturated heterocycles. The average Bonchev–Trinajstić information content (AvgIpc) is 3.01. The summed E-state index contributed by atoms with van der Waals surface area (Å²) in [5.74, 6) is -0.889. The van der Waals surface area contributed by atoms with E-state index in [0.717, 1.165) is 9.80 Å². The summed E-state index contributed by atoms with van der Waals surface area (Å²) in [4.78, 5) is 41.1. The fourth-order valence-corrected chi connectivity index (χ4v) is 4.68. The lowest BCUT2D eigenvalue weighted by Gasteiger charge is -2.22. The Balaban J connectivity index is 1.39. The molecular weight excluding hydrogens is 434 g/mol. The third kappa shape index (κ3) is 4.78. The molecule has 2 N–H and O–H groups in total. The van der Waals surface area contributed by atoms with Crippen molar-refractivity contribution < 1.29 is 14.4 Å². The van der Waals surface area contributed by atoms with Crippen molar-refractivity contribution in [2.45, 2.75) is 36.1 Å². The lowest BCUT2D eigenvalue weighted by atomic mass is 9.92. The molecule has 0 aromatic heterocycles. The summed E-state index contributed by atoms with van der Waals surface area (Å²) in [7, 11) is 0. The van der Waals surface area contributed by atoms with Gasteiger partial charge in [-0.1, -0.05) is 59.8 Å². The van der Waals surface area contributed by atoms with Crippen LogP contribution in [-0.2, 0) is 15.1 Å². The Morgan fingerprint density at radius 2 is 1.70 bits per heavy atom. The monoisotopic (exact) mass is 459 g/mol. The Hall–Kier alpha value is -3.58. The molecular formula is C26H25N3O3S. The Morgan fingerprint density at radius 1 is 1.00 bits per heavy atom. The van der Waals surface area contributed by atoms with Crippen LogP contribution < -0.4 is 10.6 Å². The predicted molar refractivity (Wildman–Crippen MR) is 129 cm³/mol. The standard InChI is InChI=1S/C26H25N3O3S/c1-17-9-14-22(18(2)15-17)33-21-12-10-20(11-13-21)27-23(30)16-29-24(31)26(3,28-25(29)32)19-7-5-4-6-8-19/h4-15H,16H2,1-3H3,(H,27,30)(H,28,32). The second kappa shape index (κ2) is 9.11. The number of carbonyl (C=O) groups is 3. The van der Waals surface area contributed by atoms with Crippen LogP contribution in [0.5, 0.6) is 0 Å². The van der Waals surface area contributed by atoms with Gasteiger partial charge in [-0.3, -0.25) is 14.5 Å².